The van der Waals surface area contributed by atoms with Gasteiger partial charge in [0, 0.05) is 11.8 Å². The highest BCUT2D eigenvalue weighted by molar-refractivity contribution is 5.93. The van der Waals surface area contributed by atoms with Crippen LogP contribution in [0.4, 0.5) is 0 Å². The largest absolute Gasteiger partial charge is 0.449 e. The molecule has 4 rings (SSSR count). The number of carbonyl (C=O) groups excluding carboxylic acids is 3. The summed E-state index contributed by atoms with van der Waals surface area (Å²) in [4.78, 5) is 37.7. The first-order chi connectivity index (χ1) is 15.0. The van der Waals surface area contributed by atoms with Crippen LogP contribution in [0, 0.1) is 28.6 Å². The molecule has 1 unspecified atom stereocenters. The fourth-order valence-corrected chi connectivity index (χ4v) is 7.81. The van der Waals surface area contributed by atoms with E-state index in [0.29, 0.717) is 19.3 Å². The SMILES string of the molecule is C[C@]12CCC(=O)C=C1CC[C@@H]1[C@@H]2[C@@H](O)C[C@@]2(C)[C@H]1CC[C@]2(OC(=O)C(N)CO)C(=O)CO. The third kappa shape index (κ3) is 3.14. The quantitative estimate of drug-likeness (QED) is 0.447. The van der Waals surface area contributed by atoms with Gasteiger partial charge in [0.15, 0.2) is 11.4 Å². The molecule has 8 atom stereocenters. The lowest BCUT2D eigenvalue weighted by molar-refractivity contribution is -0.203. The minimum absolute atomic E-state index is 0.0144. The summed E-state index contributed by atoms with van der Waals surface area (Å²) in [5.41, 5.74) is 4.07. The Morgan fingerprint density at radius 1 is 1.22 bits per heavy atom. The van der Waals surface area contributed by atoms with E-state index in [1.807, 2.05) is 6.92 Å². The Hall–Kier alpha value is -1.61. The van der Waals surface area contributed by atoms with Crippen LogP contribution in [-0.2, 0) is 19.1 Å². The molecule has 0 aliphatic heterocycles. The monoisotopic (exact) mass is 449 g/mol. The third-order valence-electron chi connectivity index (χ3n) is 9.38. The molecule has 4 aliphatic rings. The van der Waals surface area contributed by atoms with E-state index in [4.69, 9.17) is 10.5 Å². The predicted octanol–water partition coefficient (Wildman–Crippen LogP) is 0.652. The molecule has 3 saturated carbocycles. The molecule has 8 heteroatoms. The molecule has 3 fully saturated rings. The number of esters is 1. The molecule has 0 amide bonds. The summed E-state index contributed by atoms with van der Waals surface area (Å²) >= 11 is 0. The number of hydrogen-bond acceptors (Lipinski definition) is 8. The Kier molecular flexibility index (Phi) is 5.89. The molecule has 5 N–H and O–H groups in total. The van der Waals surface area contributed by atoms with Gasteiger partial charge in [-0.3, -0.25) is 14.4 Å². The van der Waals surface area contributed by atoms with Crippen LogP contribution in [0.1, 0.15) is 58.8 Å². The van der Waals surface area contributed by atoms with Crippen LogP contribution in [0.3, 0.4) is 0 Å². The lowest BCUT2D eigenvalue weighted by atomic mass is 9.45. The second kappa shape index (κ2) is 8.01. The highest BCUT2D eigenvalue weighted by Gasteiger charge is 2.70. The van der Waals surface area contributed by atoms with Crippen molar-refractivity contribution >= 4 is 17.5 Å². The summed E-state index contributed by atoms with van der Waals surface area (Å²) in [6.07, 6.45) is 4.93. The van der Waals surface area contributed by atoms with E-state index in [2.05, 4.69) is 6.92 Å². The summed E-state index contributed by atoms with van der Waals surface area (Å²) in [5.74, 6) is -1.23. The molecule has 4 aliphatic carbocycles. The summed E-state index contributed by atoms with van der Waals surface area (Å²) < 4.78 is 5.75. The molecular formula is C24H35NO7. The molecule has 8 nitrogen and oxygen atoms in total. The van der Waals surface area contributed by atoms with Crippen molar-refractivity contribution in [2.24, 2.45) is 34.3 Å². The van der Waals surface area contributed by atoms with Gasteiger partial charge < -0.3 is 25.8 Å². The molecule has 32 heavy (non-hydrogen) atoms. The van der Waals surface area contributed by atoms with Gasteiger partial charge in [-0.05, 0) is 67.8 Å². The third-order valence-corrected chi connectivity index (χ3v) is 9.38. The Morgan fingerprint density at radius 3 is 2.59 bits per heavy atom. The maximum Gasteiger partial charge on any atom is 0.326 e. The number of fused-ring (bicyclic) bond motifs is 5. The van der Waals surface area contributed by atoms with Crippen LogP contribution in [0.5, 0.6) is 0 Å². The van der Waals surface area contributed by atoms with Crippen LogP contribution in [0.15, 0.2) is 11.6 Å². The first-order valence-corrected chi connectivity index (χ1v) is 11.7. The zero-order valence-corrected chi connectivity index (χ0v) is 18.9. The first kappa shape index (κ1) is 23.5. The van der Waals surface area contributed by atoms with Crippen molar-refractivity contribution in [3.63, 3.8) is 0 Å². The Labute approximate surface area is 188 Å². The maximum absolute atomic E-state index is 13.1. The van der Waals surface area contributed by atoms with E-state index in [1.54, 1.807) is 6.08 Å². The molecule has 0 aromatic carbocycles. The van der Waals surface area contributed by atoms with E-state index in [1.165, 1.54) is 0 Å². The Balaban J connectivity index is 1.73. The normalized spacial score (nSPS) is 44.1. The van der Waals surface area contributed by atoms with Gasteiger partial charge in [0.2, 0.25) is 5.78 Å². The van der Waals surface area contributed by atoms with Gasteiger partial charge in [0.1, 0.15) is 12.6 Å². The van der Waals surface area contributed by atoms with Crippen LogP contribution < -0.4 is 5.73 Å². The standard InChI is InChI=1S/C24H35NO7/c1-22-7-5-14(28)9-13(22)3-4-15-16-6-8-24(19(30)12-27,32-21(31)17(25)11-26)23(16,2)10-18(29)20(15)22/h9,15-18,20,26-27,29H,3-8,10-12,25H2,1-2H3/t15-,16-,17?,18-,20+,22-,23-,24-/m0/s1. The fraction of sp³-hybridized carbons (Fsp3) is 0.792. The number of nitrogens with two attached hydrogens (primary N) is 1. The number of ketones is 2. The van der Waals surface area contributed by atoms with Crippen LogP contribution in [0.25, 0.3) is 0 Å². The molecule has 0 aromatic heterocycles. The number of ether oxygens (including phenoxy) is 1. The second-order valence-corrected chi connectivity index (χ2v) is 10.7. The van der Waals surface area contributed by atoms with Gasteiger partial charge in [0.05, 0.1) is 12.7 Å². The van der Waals surface area contributed by atoms with Gasteiger partial charge in [0.25, 0.3) is 0 Å². The van der Waals surface area contributed by atoms with Crippen LogP contribution in [-0.4, -0.2) is 63.8 Å². The Bertz CT molecular complexity index is 855. The zero-order chi connectivity index (χ0) is 23.5. The molecule has 0 radical (unpaired) electrons. The van der Waals surface area contributed by atoms with Gasteiger partial charge in [-0.25, -0.2) is 0 Å². The molecular weight excluding hydrogens is 414 g/mol. The van der Waals surface area contributed by atoms with Gasteiger partial charge in [-0.2, -0.15) is 0 Å². The predicted molar refractivity (Wildman–Crippen MR) is 114 cm³/mol. The Morgan fingerprint density at radius 2 is 1.94 bits per heavy atom. The smallest absolute Gasteiger partial charge is 0.326 e. The van der Waals surface area contributed by atoms with Crippen molar-refractivity contribution in [2.75, 3.05) is 13.2 Å². The minimum Gasteiger partial charge on any atom is -0.449 e. The number of rotatable bonds is 5. The average Bonchev–Trinajstić information content (AvgIpc) is 3.05. The van der Waals surface area contributed by atoms with Crippen molar-refractivity contribution in [3.8, 4) is 0 Å². The molecule has 0 saturated heterocycles. The molecule has 0 heterocycles. The lowest BCUT2D eigenvalue weighted by Gasteiger charge is -2.60. The van der Waals surface area contributed by atoms with Crippen molar-refractivity contribution in [3.05, 3.63) is 11.6 Å². The summed E-state index contributed by atoms with van der Waals surface area (Å²) in [7, 11) is 0. The van der Waals surface area contributed by atoms with Gasteiger partial charge in [-0.15, -0.1) is 0 Å². The molecule has 178 valence electrons. The highest BCUT2D eigenvalue weighted by atomic mass is 16.6. The number of allylic oxidation sites excluding steroid dienone is 1. The topological polar surface area (TPSA) is 147 Å². The second-order valence-electron chi connectivity index (χ2n) is 10.7. The highest BCUT2D eigenvalue weighted by Crippen LogP contribution is 2.68. The van der Waals surface area contributed by atoms with E-state index in [9.17, 15) is 29.7 Å². The van der Waals surface area contributed by atoms with E-state index in [0.717, 1.165) is 18.4 Å². The van der Waals surface area contributed by atoms with E-state index in [-0.39, 0.29) is 41.8 Å². The first-order valence-electron chi connectivity index (χ1n) is 11.7. The number of hydrogen-bond donors (Lipinski definition) is 4. The number of aliphatic hydroxyl groups excluding tert-OH is 3. The van der Waals surface area contributed by atoms with E-state index < -0.39 is 48.1 Å². The van der Waals surface area contributed by atoms with E-state index >= 15 is 0 Å². The van der Waals surface area contributed by atoms with Crippen molar-refractivity contribution < 1.29 is 34.4 Å². The van der Waals surface area contributed by atoms with Crippen molar-refractivity contribution in [2.45, 2.75) is 76.5 Å². The number of carbonyl (C=O) groups is 3. The zero-order valence-electron chi connectivity index (χ0n) is 18.9. The lowest BCUT2D eigenvalue weighted by Crippen LogP contribution is -2.63. The van der Waals surface area contributed by atoms with Gasteiger partial charge >= 0.3 is 5.97 Å². The molecule has 0 bridgehead atoms. The minimum atomic E-state index is -1.58. The summed E-state index contributed by atoms with van der Waals surface area (Å²) in [5, 5.41) is 30.5. The number of Topliss-reactive ketones (excluding diaryl/α,β-unsaturated/α-hetero) is 1. The average molecular weight is 450 g/mol. The fourth-order valence-electron chi connectivity index (χ4n) is 7.81. The van der Waals surface area contributed by atoms with Crippen LogP contribution >= 0.6 is 0 Å². The van der Waals surface area contributed by atoms with Crippen molar-refractivity contribution in [1.29, 1.82) is 0 Å². The van der Waals surface area contributed by atoms with Gasteiger partial charge in [-0.1, -0.05) is 19.4 Å². The summed E-state index contributed by atoms with van der Waals surface area (Å²) in [6, 6.07) is -1.27. The van der Waals surface area contributed by atoms with Crippen molar-refractivity contribution in [1.82, 2.24) is 0 Å². The molecule has 0 aromatic rings. The number of aliphatic hydroxyl groups is 3. The summed E-state index contributed by atoms with van der Waals surface area (Å²) in [6.45, 7) is 2.64. The molecule has 0 spiro atoms. The van der Waals surface area contributed by atoms with Crippen LogP contribution in [0.2, 0.25) is 0 Å². The maximum atomic E-state index is 13.1.